The van der Waals surface area contributed by atoms with E-state index in [1.165, 1.54) is 6.07 Å². The number of rotatable bonds is 5. The lowest BCUT2D eigenvalue weighted by molar-refractivity contribution is -0.157. The van der Waals surface area contributed by atoms with Crippen LogP contribution in [0.3, 0.4) is 0 Å². The van der Waals surface area contributed by atoms with Crippen molar-refractivity contribution in [2.75, 3.05) is 13.2 Å². The summed E-state index contributed by atoms with van der Waals surface area (Å²) in [6, 6.07) is 4.90. The molecule has 6 nitrogen and oxygen atoms in total. The van der Waals surface area contributed by atoms with Gasteiger partial charge in [-0.05, 0) is 45.4 Å². The fourth-order valence-corrected chi connectivity index (χ4v) is 3.18. The van der Waals surface area contributed by atoms with Crippen molar-refractivity contribution in [2.24, 2.45) is 0 Å². The summed E-state index contributed by atoms with van der Waals surface area (Å²) in [5.74, 6) is -1.08. The Kier molecular flexibility index (Phi) is 7.22. The van der Waals surface area contributed by atoms with Crippen LogP contribution in [-0.4, -0.2) is 59.1 Å². The fraction of sp³-hybridized carbons (Fsp3) is 0.579. The van der Waals surface area contributed by atoms with Crippen LogP contribution in [0.1, 0.15) is 33.3 Å². The van der Waals surface area contributed by atoms with Crippen molar-refractivity contribution in [3.8, 4) is 0 Å². The van der Waals surface area contributed by atoms with Crippen molar-refractivity contribution in [1.29, 1.82) is 0 Å². The number of alkyl halides is 1. The Bertz CT molecular complexity index is 713. The van der Waals surface area contributed by atoms with Gasteiger partial charge in [0.2, 0.25) is 0 Å². The van der Waals surface area contributed by atoms with Gasteiger partial charge in [-0.15, -0.1) is 0 Å². The molecule has 3 atom stereocenters. The van der Waals surface area contributed by atoms with Crippen molar-refractivity contribution >= 4 is 23.6 Å². The van der Waals surface area contributed by atoms with E-state index in [4.69, 9.17) is 21.1 Å². The molecule has 0 saturated carbocycles. The number of hydrogen-bond donors (Lipinski definition) is 0. The molecule has 9 heteroatoms. The highest BCUT2D eigenvalue weighted by atomic mass is 35.5. The minimum absolute atomic E-state index is 0.0578. The molecule has 156 valence electrons. The van der Waals surface area contributed by atoms with Crippen LogP contribution in [0.2, 0.25) is 5.02 Å². The Balaban J connectivity index is 2.23. The second-order valence-electron chi connectivity index (χ2n) is 7.50. The lowest BCUT2D eigenvalue weighted by Gasteiger charge is -2.30. The van der Waals surface area contributed by atoms with Gasteiger partial charge in [-0.3, -0.25) is 9.69 Å². The standard InChI is InChI=1S/C19H25ClF2N2O4/c1-5-27-16-14(21)11-23(18(26)28-19(2,3)4)15(16)17(25)24(22)10-12-7-6-8-13(20)9-12/h6-9,14-16H,5,10-11H2,1-4H3/t14-,15-,16+/m0/s1. The molecule has 1 fully saturated rings. The molecule has 2 amide bonds. The van der Waals surface area contributed by atoms with Crippen LogP contribution in [0.4, 0.5) is 13.7 Å². The smallest absolute Gasteiger partial charge is 0.411 e. The molecule has 0 spiro atoms. The molecule has 1 heterocycles. The molecule has 1 aromatic carbocycles. The zero-order chi connectivity index (χ0) is 21.1. The molecular formula is C19H25ClF2N2O4. The van der Waals surface area contributed by atoms with E-state index >= 15 is 0 Å². The van der Waals surface area contributed by atoms with Crippen molar-refractivity contribution in [2.45, 2.75) is 58.2 Å². The van der Waals surface area contributed by atoms with Crippen molar-refractivity contribution in [3.05, 3.63) is 34.9 Å². The maximum Gasteiger partial charge on any atom is 0.411 e. The number of carbonyl (C=O) groups excluding carboxylic acids is 2. The third-order valence-corrected chi connectivity index (χ3v) is 4.30. The maximum absolute atomic E-state index is 14.7. The van der Waals surface area contributed by atoms with Crippen LogP contribution >= 0.6 is 11.6 Å². The van der Waals surface area contributed by atoms with Crippen LogP contribution in [0.5, 0.6) is 0 Å². The Labute approximate surface area is 168 Å². The van der Waals surface area contributed by atoms with E-state index in [9.17, 15) is 18.5 Å². The van der Waals surface area contributed by atoms with E-state index < -0.39 is 49.0 Å². The lowest BCUT2D eigenvalue weighted by Crippen LogP contribution is -2.51. The van der Waals surface area contributed by atoms with Gasteiger partial charge in [0, 0.05) is 11.6 Å². The number of halogens is 3. The first-order chi connectivity index (χ1) is 13.0. The molecule has 28 heavy (non-hydrogen) atoms. The number of likely N-dealkylation sites (tertiary alicyclic amines) is 1. The second kappa shape index (κ2) is 9.05. The highest BCUT2D eigenvalue weighted by molar-refractivity contribution is 6.30. The van der Waals surface area contributed by atoms with Gasteiger partial charge in [0.15, 0.2) is 0 Å². The summed E-state index contributed by atoms with van der Waals surface area (Å²) in [4.78, 5) is 26.1. The average molecular weight is 419 g/mol. The summed E-state index contributed by atoms with van der Waals surface area (Å²) in [5.41, 5.74) is -0.397. The monoisotopic (exact) mass is 418 g/mol. The van der Waals surface area contributed by atoms with Gasteiger partial charge in [0.05, 0.1) is 13.1 Å². The summed E-state index contributed by atoms with van der Waals surface area (Å²) in [6.45, 7) is 5.86. The molecule has 1 aromatic rings. The number of amides is 2. The predicted molar refractivity (Wildman–Crippen MR) is 100 cm³/mol. The van der Waals surface area contributed by atoms with E-state index in [1.54, 1.807) is 45.9 Å². The van der Waals surface area contributed by atoms with Crippen molar-refractivity contribution in [3.63, 3.8) is 0 Å². The molecule has 0 unspecified atom stereocenters. The molecule has 0 bridgehead atoms. The molecular weight excluding hydrogens is 394 g/mol. The lowest BCUT2D eigenvalue weighted by atomic mass is 10.1. The third kappa shape index (κ3) is 5.54. The highest BCUT2D eigenvalue weighted by Gasteiger charge is 2.51. The van der Waals surface area contributed by atoms with Gasteiger partial charge in [0.25, 0.3) is 5.91 Å². The summed E-state index contributed by atoms with van der Waals surface area (Å²) in [7, 11) is 0. The summed E-state index contributed by atoms with van der Waals surface area (Å²) >= 11 is 5.88. The minimum atomic E-state index is -1.64. The minimum Gasteiger partial charge on any atom is -0.444 e. The van der Waals surface area contributed by atoms with Crippen LogP contribution in [0.25, 0.3) is 0 Å². The van der Waals surface area contributed by atoms with Crippen molar-refractivity contribution < 1.29 is 27.9 Å². The summed E-state index contributed by atoms with van der Waals surface area (Å²) in [6.07, 6.45) is -3.81. The SMILES string of the molecule is CCO[C@H]1[C@@H](C(=O)N(F)Cc2cccc(Cl)c2)N(C(=O)OC(C)(C)C)C[C@@H]1F. The largest absolute Gasteiger partial charge is 0.444 e. The Morgan fingerprint density at radius 2 is 2.04 bits per heavy atom. The zero-order valence-corrected chi connectivity index (χ0v) is 17.1. The first-order valence-corrected chi connectivity index (χ1v) is 9.38. The van der Waals surface area contributed by atoms with E-state index in [-0.39, 0.29) is 11.7 Å². The number of nitrogens with zero attached hydrogens (tertiary/aromatic N) is 2. The van der Waals surface area contributed by atoms with Crippen LogP contribution in [-0.2, 0) is 20.8 Å². The highest BCUT2D eigenvalue weighted by Crippen LogP contribution is 2.28. The molecule has 0 radical (unpaired) electrons. The summed E-state index contributed by atoms with van der Waals surface area (Å²) in [5, 5.41) is 0.336. The van der Waals surface area contributed by atoms with Gasteiger partial charge in [0.1, 0.15) is 23.9 Å². The zero-order valence-electron chi connectivity index (χ0n) is 16.3. The van der Waals surface area contributed by atoms with Gasteiger partial charge < -0.3 is 9.47 Å². The third-order valence-electron chi connectivity index (χ3n) is 4.06. The van der Waals surface area contributed by atoms with E-state index in [2.05, 4.69) is 0 Å². The quantitative estimate of drug-likeness (QED) is 0.680. The summed E-state index contributed by atoms with van der Waals surface area (Å²) < 4.78 is 39.7. The average Bonchev–Trinajstić information content (AvgIpc) is 2.90. The first kappa shape index (κ1) is 22.4. The molecule has 1 aliphatic rings. The van der Waals surface area contributed by atoms with Gasteiger partial charge >= 0.3 is 6.09 Å². The van der Waals surface area contributed by atoms with Crippen LogP contribution < -0.4 is 0 Å². The molecule has 1 aliphatic heterocycles. The predicted octanol–water partition coefficient (Wildman–Crippen LogP) is 3.92. The molecule has 0 aromatic heterocycles. The van der Waals surface area contributed by atoms with Crippen LogP contribution in [0, 0.1) is 0 Å². The van der Waals surface area contributed by atoms with Crippen molar-refractivity contribution in [1.82, 2.24) is 10.0 Å². The first-order valence-electron chi connectivity index (χ1n) is 9.00. The van der Waals surface area contributed by atoms with Gasteiger partial charge in [-0.1, -0.05) is 28.2 Å². The Morgan fingerprint density at radius 3 is 2.61 bits per heavy atom. The van der Waals surface area contributed by atoms with E-state index in [1.807, 2.05) is 0 Å². The number of benzene rings is 1. The molecule has 1 saturated heterocycles. The Hall–Kier alpha value is -1.93. The second-order valence-corrected chi connectivity index (χ2v) is 7.94. The number of hydrogen-bond acceptors (Lipinski definition) is 4. The number of carbonyl (C=O) groups is 2. The van der Waals surface area contributed by atoms with Gasteiger partial charge in [-0.2, -0.15) is 5.12 Å². The topological polar surface area (TPSA) is 59.1 Å². The van der Waals surface area contributed by atoms with E-state index in [0.29, 0.717) is 10.6 Å². The van der Waals surface area contributed by atoms with Crippen LogP contribution in [0.15, 0.2) is 24.3 Å². The van der Waals surface area contributed by atoms with E-state index in [0.717, 1.165) is 4.90 Å². The normalized spacial score (nSPS) is 22.2. The fourth-order valence-electron chi connectivity index (χ4n) is 2.97. The Morgan fingerprint density at radius 1 is 1.36 bits per heavy atom. The number of ether oxygens (including phenoxy) is 2. The molecule has 0 N–H and O–H groups in total. The molecule has 2 rings (SSSR count). The maximum atomic E-state index is 14.7. The van der Waals surface area contributed by atoms with Gasteiger partial charge in [-0.25, -0.2) is 9.18 Å². The molecule has 0 aliphatic carbocycles.